The first-order valence-corrected chi connectivity index (χ1v) is 28.3. The van der Waals surface area contributed by atoms with Crippen molar-refractivity contribution in [1.82, 2.24) is 5.06 Å². The molecular formula is C55H68N3O16S2+. The van der Waals surface area contributed by atoms with E-state index in [1.807, 2.05) is 66.1 Å². The third kappa shape index (κ3) is 14.6. The number of allylic oxidation sites excluding steroid dienone is 6. The summed E-state index contributed by atoms with van der Waals surface area (Å²) in [7, 11) is -7.41. The molecule has 1 atom stereocenters. The smallest absolute Gasteiger partial charge is 0.333 e. The van der Waals surface area contributed by atoms with Gasteiger partial charge in [0.05, 0.1) is 81.1 Å². The number of benzene rings is 3. The maximum absolute atomic E-state index is 13.0. The van der Waals surface area contributed by atoms with Crippen LogP contribution in [0.1, 0.15) is 88.5 Å². The minimum absolute atomic E-state index is 0.0132. The van der Waals surface area contributed by atoms with Gasteiger partial charge in [-0.2, -0.15) is 21.4 Å². The van der Waals surface area contributed by atoms with Crippen LogP contribution in [0.3, 0.4) is 0 Å². The number of methoxy groups -OCH3 is 1. The third-order valence-electron chi connectivity index (χ3n) is 13.5. The highest BCUT2D eigenvalue weighted by Crippen LogP contribution is 2.48. The van der Waals surface area contributed by atoms with Crippen molar-refractivity contribution < 1.29 is 78.2 Å². The van der Waals surface area contributed by atoms with Gasteiger partial charge in [0, 0.05) is 85.5 Å². The number of nitrogens with zero attached hydrogens (tertiary/aromatic N) is 3. The quantitative estimate of drug-likeness (QED) is 0.0318. The summed E-state index contributed by atoms with van der Waals surface area (Å²) in [6.07, 6.45) is 9.77. The topological polar surface area (TPSA) is 234 Å². The lowest BCUT2D eigenvalue weighted by atomic mass is 9.75. The summed E-state index contributed by atoms with van der Waals surface area (Å²) >= 11 is 0. The molecule has 1 unspecified atom stereocenters. The van der Waals surface area contributed by atoms with Crippen molar-refractivity contribution in [1.29, 1.82) is 0 Å². The number of rotatable bonds is 28. The van der Waals surface area contributed by atoms with Crippen molar-refractivity contribution in [3.05, 3.63) is 113 Å². The molecule has 76 heavy (non-hydrogen) atoms. The first kappa shape index (κ1) is 57.8. The highest BCUT2D eigenvalue weighted by molar-refractivity contribution is 7.86. The fourth-order valence-electron chi connectivity index (χ4n) is 9.87. The van der Waals surface area contributed by atoms with Gasteiger partial charge in [0.25, 0.3) is 32.1 Å². The molecule has 4 aliphatic rings. The van der Waals surface area contributed by atoms with E-state index in [2.05, 4.69) is 43.9 Å². The van der Waals surface area contributed by atoms with Gasteiger partial charge < -0.3 is 38.2 Å². The number of hydrogen-bond donors (Lipinski definition) is 2. The van der Waals surface area contributed by atoms with Gasteiger partial charge in [-0.05, 0) is 76.0 Å². The molecule has 0 aliphatic carbocycles. The Morgan fingerprint density at radius 3 is 2.09 bits per heavy atom. The molecule has 21 heteroatoms. The predicted molar refractivity (Wildman–Crippen MR) is 284 cm³/mol. The van der Waals surface area contributed by atoms with Gasteiger partial charge in [-0.15, -0.1) is 5.06 Å². The summed E-state index contributed by atoms with van der Waals surface area (Å²) in [5, 5.41) is 0.480. The van der Waals surface area contributed by atoms with Crippen LogP contribution >= 0.6 is 0 Å². The van der Waals surface area contributed by atoms with E-state index in [0.717, 1.165) is 33.5 Å². The van der Waals surface area contributed by atoms with Crippen molar-refractivity contribution in [2.45, 2.75) is 82.1 Å². The van der Waals surface area contributed by atoms with Crippen LogP contribution < -0.4 is 9.64 Å². The molecule has 7 rings (SSSR count). The molecule has 2 amide bonds. The Morgan fingerprint density at radius 2 is 1.46 bits per heavy atom. The van der Waals surface area contributed by atoms with Crippen LogP contribution in [0.5, 0.6) is 5.75 Å². The highest BCUT2D eigenvalue weighted by atomic mass is 32.2. The fourth-order valence-corrected chi connectivity index (χ4v) is 10.9. The number of hydroxylamine groups is 2. The van der Waals surface area contributed by atoms with Gasteiger partial charge in [0.2, 0.25) is 5.69 Å². The molecule has 2 N–H and O–H groups in total. The van der Waals surface area contributed by atoms with E-state index in [9.17, 15) is 40.3 Å². The lowest BCUT2D eigenvalue weighted by molar-refractivity contribution is -0.437. The number of ether oxygens (including phenoxy) is 6. The largest absolute Gasteiger partial charge is 0.456 e. The second kappa shape index (κ2) is 25.5. The zero-order valence-corrected chi connectivity index (χ0v) is 45.3. The summed E-state index contributed by atoms with van der Waals surface area (Å²) in [5.74, 6) is -1.38. The van der Waals surface area contributed by atoms with E-state index < -0.39 is 49.2 Å². The molecule has 3 aromatic rings. The lowest BCUT2D eigenvalue weighted by Crippen LogP contribution is -2.46. The second-order valence-electron chi connectivity index (χ2n) is 19.5. The summed E-state index contributed by atoms with van der Waals surface area (Å²) in [6, 6.07) is 18.0. The van der Waals surface area contributed by atoms with E-state index in [4.69, 9.17) is 33.3 Å². The van der Waals surface area contributed by atoms with Crippen LogP contribution in [0.2, 0.25) is 0 Å². The summed E-state index contributed by atoms with van der Waals surface area (Å²) in [6.45, 7) is 13.1. The molecule has 1 saturated heterocycles. The maximum atomic E-state index is 13.0. The molecule has 3 aromatic carbocycles. The Hall–Kier alpha value is -5.88. The van der Waals surface area contributed by atoms with E-state index in [0.29, 0.717) is 99.5 Å². The van der Waals surface area contributed by atoms with Crippen molar-refractivity contribution >= 4 is 72.0 Å². The Kier molecular flexibility index (Phi) is 19.4. The highest BCUT2D eigenvalue weighted by Gasteiger charge is 2.48. The number of carbonyl (C=O) groups excluding carboxylic acids is 3. The number of fused-ring (bicyclic) bond motifs is 3. The second-order valence-corrected chi connectivity index (χ2v) is 22.5. The molecule has 0 bridgehead atoms. The van der Waals surface area contributed by atoms with Gasteiger partial charge in [0.1, 0.15) is 18.1 Å². The number of imide groups is 1. The molecule has 19 nitrogen and oxygen atoms in total. The number of carbonyl (C=O) groups is 3. The Balaban J connectivity index is 1.18. The standard InChI is InChI=1S/C55H67N3O16S2/c1-39-38-54(2,3)57(23-24-69-27-28-71-31-32-72-30-29-70-26-25-68-5)47-37-49-44(36-43(39)47)41(34-48(73-49)40-12-7-6-8-13-40)14-9-15-50-55(4,21-10-16-53(61)74-58-51(59)19-20-52(58)60)45-35-42(76(65,66)67)17-18-46(45)56(50)22-11-33-75(62,63)64/h6-9,12-15,17-18,34-38H,10-11,16,19-33H2,1-5H3,(H-,62,63,64,65,66,67)/p+1. The first-order chi connectivity index (χ1) is 36.2. The van der Waals surface area contributed by atoms with Gasteiger partial charge in [-0.1, -0.05) is 48.6 Å². The third-order valence-corrected chi connectivity index (χ3v) is 15.2. The number of anilines is 1. The summed E-state index contributed by atoms with van der Waals surface area (Å²) in [5.41, 5.74) is 5.63. The van der Waals surface area contributed by atoms with Crippen LogP contribution in [-0.2, 0) is 68.6 Å². The average Bonchev–Trinajstić information content (AvgIpc) is 3.80. The Bertz CT molecular complexity index is 3000. The molecule has 0 spiro atoms. The van der Waals surface area contributed by atoms with Gasteiger partial charge >= 0.3 is 5.97 Å². The molecule has 4 aliphatic heterocycles. The van der Waals surface area contributed by atoms with Crippen LogP contribution in [0, 0.1) is 0 Å². The van der Waals surface area contributed by atoms with Crippen molar-refractivity contribution in [3.63, 3.8) is 0 Å². The average molecular weight is 1090 g/mol. The zero-order chi connectivity index (χ0) is 54.7. The number of amides is 2. The minimum atomic E-state index is -4.68. The SMILES string of the molecule is COCCOCCOCCOCCOCCN1c2cc3c(cc2C(C)=CC1(C)C)C(=CC=CC1=[N+](CCCS(=O)(=O)O)c2ccc(S(=O)(=O)O)cc2C1(C)CCCC(=O)ON1C(=O)CCC1=O)C=C(c1ccccc1)O3. The van der Waals surface area contributed by atoms with Crippen molar-refractivity contribution in [2.24, 2.45) is 0 Å². The van der Waals surface area contributed by atoms with Crippen LogP contribution in [0.4, 0.5) is 11.4 Å². The normalized spacial score (nSPS) is 18.8. The monoisotopic (exact) mass is 1090 g/mol. The molecule has 1 fully saturated rings. The molecule has 0 aromatic heterocycles. The maximum Gasteiger partial charge on any atom is 0.333 e. The molecule has 410 valence electrons. The lowest BCUT2D eigenvalue weighted by Gasteiger charge is -2.44. The van der Waals surface area contributed by atoms with Gasteiger partial charge in [0.15, 0.2) is 5.71 Å². The Labute approximate surface area is 444 Å². The first-order valence-electron chi connectivity index (χ1n) is 25.3. The van der Waals surface area contributed by atoms with Crippen LogP contribution in [-0.4, -0.2) is 150 Å². The molecule has 4 heterocycles. The van der Waals surface area contributed by atoms with Crippen LogP contribution in [0.25, 0.3) is 16.9 Å². The molecular weight excluding hydrogens is 1020 g/mol. The summed E-state index contributed by atoms with van der Waals surface area (Å²) in [4.78, 5) is 44.5. The zero-order valence-electron chi connectivity index (χ0n) is 43.7. The fraction of sp³-hybridized carbons (Fsp3) is 0.455. The minimum Gasteiger partial charge on any atom is -0.456 e. The van der Waals surface area contributed by atoms with E-state index in [-0.39, 0.29) is 55.5 Å². The van der Waals surface area contributed by atoms with E-state index >= 15 is 0 Å². The predicted octanol–water partition coefficient (Wildman–Crippen LogP) is 7.13. The van der Waals surface area contributed by atoms with Crippen LogP contribution in [0.15, 0.2) is 95.9 Å². The van der Waals surface area contributed by atoms with Crippen molar-refractivity contribution in [2.75, 3.05) is 90.3 Å². The molecule has 0 saturated carbocycles. The molecule has 0 radical (unpaired) electrons. The Morgan fingerprint density at radius 1 is 0.816 bits per heavy atom. The van der Waals surface area contributed by atoms with E-state index in [1.54, 1.807) is 7.11 Å². The number of hydrogen-bond acceptors (Lipinski definition) is 15. The van der Waals surface area contributed by atoms with Gasteiger partial charge in [-0.3, -0.25) is 18.7 Å². The van der Waals surface area contributed by atoms with E-state index in [1.165, 1.54) is 18.2 Å². The van der Waals surface area contributed by atoms with Gasteiger partial charge in [-0.25, -0.2) is 4.79 Å². The summed E-state index contributed by atoms with van der Waals surface area (Å²) < 4.78 is 105. The van der Waals surface area contributed by atoms with Crippen molar-refractivity contribution in [3.8, 4) is 5.75 Å².